The van der Waals surface area contributed by atoms with E-state index in [1.165, 1.54) is 43.9 Å². The first-order chi connectivity index (χ1) is 13.4. The van der Waals surface area contributed by atoms with Crippen molar-refractivity contribution in [3.63, 3.8) is 0 Å². The Kier molecular flexibility index (Phi) is 6.08. The molecule has 28 heavy (non-hydrogen) atoms. The van der Waals surface area contributed by atoms with E-state index in [1.54, 1.807) is 36.4 Å². The number of methoxy groups -OCH3 is 1. The van der Waals surface area contributed by atoms with Crippen molar-refractivity contribution in [2.45, 2.75) is 31.4 Å². The maximum Gasteiger partial charge on any atom is 0.330 e. The van der Waals surface area contributed by atoms with Gasteiger partial charge in [0.05, 0.1) is 13.4 Å². The van der Waals surface area contributed by atoms with Gasteiger partial charge in [0.1, 0.15) is 22.9 Å². The van der Waals surface area contributed by atoms with Crippen molar-refractivity contribution < 1.29 is 28.3 Å². The number of ether oxygens (including phenoxy) is 2. The number of furan rings is 1. The van der Waals surface area contributed by atoms with Gasteiger partial charge in [-0.3, -0.25) is 9.59 Å². The Morgan fingerprint density at radius 3 is 2.50 bits per heavy atom. The number of ketones is 1. The molecule has 0 radical (unpaired) electrons. The molecule has 2 heterocycles. The van der Waals surface area contributed by atoms with Crippen molar-refractivity contribution >= 4 is 29.4 Å². The monoisotopic (exact) mass is 403 g/mol. The van der Waals surface area contributed by atoms with E-state index in [1.807, 2.05) is 0 Å². The summed E-state index contributed by atoms with van der Waals surface area (Å²) in [5, 5.41) is -0.391. The second kappa shape index (κ2) is 8.52. The number of amides is 1. The Labute approximate surface area is 167 Å². The maximum absolute atomic E-state index is 12.7. The first kappa shape index (κ1) is 20.0. The minimum atomic E-state index is -0.970. The minimum absolute atomic E-state index is 0.262. The lowest BCUT2D eigenvalue weighted by Crippen LogP contribution is -2.44. The highest BCUT2D eigenvalue weighted by Gasteiger charge is 2.43. The Bertz CT molecular complexity index is 848. The molecule has 1 aliphatic heterocycles. The van der Waals surface area contributed by atoms with E-state index >= 15 is 0 Å². The summed E-state index contributed by atoms with van der Waals surface area (Å²) >= 11 is 1.42. The van der Waals surface area contributed by atoms with Crippen LogP contribution < -0.4 is 4.74 Å². The number of hydrogen-bond donors (Lipinski definition) is 0. The van der Waals surface area contributed by atoms with Crippen molar-refractivity contribution in [2.24, 2.45) is 0 Å². The van der Waals surface area contributed by atoms with Gasteiger partial charge < -0.3 is 18.8 Å². The molecule has 1 aromatic heterocycles. The molecule has 0 spiro atoms. The topological polar surface area (TPSA) is 86.1 Å². The SMILES string of the molecule is COc1ccc(C(=O)[C@H](C)OC(=O)[C@@H]2CS[C@H](c3ccco3)N2C(C)=O)cc1. The molecular weight excluding hydrogens is 382 g/mol. The zero-order valence-electron chi connectivity index (χ0n) is 15.8. The molecule has 0 aliphatic carbocycles. The number of rotatable bonds is 6. The fourth-order valence-corrected chi connectivity index (χ4v) is 4.44. The van der Waals surface area contributed by atoms with Gasteiger partial charge in [-0.2, -0.15) is 0 Å². The molecule has 2 aromatic rings. The predicted octanol–water partition coefficient (Wildman–Crippen LogP) is 3.07. The van der Waals surface area contributed by atoms with E-state index in [9.17, 15) is 14.4 Å². The maximum atomic E-state index is 12.7. The third kappa shape index (κ3) is 4.06. The van der Waals surface area contributed by atoms with Gasteiger partial charge in [-0.05, 0) is 43.3 Å². The van der Waals surface area contributed by atoms with Crippen LogP contribution in [0.3, 0.4) is 0 Å². The normalized spacial score (nSPS) is 19.9. The number of nitrogens with zero attached hydrogens (tertiary/aromatic N) is 1. The Morgan fingerprint density at radius 2 is 1.93 bits per heavy atom. The van der Waals surface area contributed by atoms with Crippen LogP contribution in [0.5, 0.6) is 5.75 Å². The Hall–Kier alpha value is -2.74. The molecule has 3 rings (SSSR count). The third-order valence-electron chi connectivity index (χ3n) is 4.46. The van der Waals surface area contributed by atoms with Crippen LogP contribution in [0.15, 0.2) is 47.1 Å². The largest absolute Gasteiger partial charge is 0.497 e. The van der Waals surface area contributed by atoms with Crippen LogP contribution in [0.4, 0.5) is 0 Å². The van der Waals surface area contributed by atoms with Gasteiger partial charge in [-0.1, -0.05) is 0 Å². The number of benzene rings is 1. The van der Waals surface area contributed by atoms with Crippen molar-refractivity contribution in [1.82, 2.24) is 4.90 Å². The van der Waals surface area contributed by atoms with E-state index < -0.39 is 23.5 Å². The van der Waals surface area contributed by atoms with Crippen LogP contribution in [0.1, 0.15) is 35.3 Å². The smallest absolute Gasteiger partial charge is 0.330 e. The summed E-state index contributed by atoms with van der Waals surface area (Å²) in [4.78, 5) is 38.8. The third-order valence-corrected chi connectivity index (χ3v) is 5.74. The first-order valence-electron chi connectivity index (χ1n) is 8.75. The van der Waals surface area contributed by atoms with Gasteiger partial charge in [-0.25, -0.2) is 4.79 Å². The minimum Gasteiger partial charge on any atom is -0.497 e. The highest BCUT2D eigenvalue weighted by molar-refractivity contribution is 7.99. The van der Waals surface area contributed by atoms with Gasteiger partial charge in [0.2, 0.25) is 11.7 Å². The van der Waals surface area contributed by atoms with Crippen LogP contribution in [0.25, 0.3) is 0 Å². The summed E-state index contributed by atoms with van der Waals surface area (Å²) in [6.07, 6.45) is 0.553. The van der Waals surface area contributed by atoms with E-state index in [0.717, 1.165) is 0 Å². The van der Waals surface area contributed by atoms with Crippen molar-refractivity contribution in [1.29, 1.82) is 0 Å². The number of Topliss-reactive ketones (excluding diaryl/α,β-unsaturated/α-hetero) is 1. The van der Waals surface area contributed by atoms with Crippen LogP contribution in [-0.4, -0.2) is 47.6 Å². The molecule has 0 N–H and O–H groups in total. The first-order valence-corrected chi connectivity index (χ1v) is 9.80. The van der Waals surface area contributed by atoms with Crippen LogP contribution in [-0.2, 0) is 14.3 Å². The molecule has 1 amide bonds. The van der Waals surface area contributed by atoms with Crippen LogP contribution in [0.2, 0.25) is 0 Å². The molecule has 0 unspecified atom stereocenters. The highest BCUT2D eigenvalue weighted by Crippen LogP contribution is 2.41. The zero-order valence-corrected chi connectivity index (χ0v) is 16.6. The summed E-state index contributed by atoms with van der Waals surface area (Å²) in [7, 11) is 1.54. The fourth-order valence-electron chi connectivity index (χ4n) is 3.02. The number of esters is 1. The van der Waals surface area contributed by atoms with Crippen molar-refractivity contribution in [3.8, 4) is 5.75 Å². The van der Waals surface area contributed by atoms with Crippen LogP contribution >= 0.6 is 11.8 Å². The number of carbonyl (C=O) groups is 3. The second-order valence-corrected chi connectivity index (χ2v) is 7.43. The molecule has 1 saturated heterocycles. The van der Waals surface area contributed by atoms with E-state index in [-0.39, 0.29) is 11.7 Å². The number of thioether (sulfide) groups is 1. The lowest BCUT2D eigenvalue weighted by molar-refractivity contribution is -0.155. The molecule has 3 atom stereocenters. The fraction of sp³-hybridized carbons (Fsp3) is 0.350. The molecule has 0 saturated carbocycles. The second-order valence-electron chi connectivity index (χ2n) is 6.32. The summed E-state index contributed by atoms with van der Waals surface area (Å²) in [5.74, 6) is 0.406. The van der Waals surface area contributed by atoms with Crippen LogP contribution in [0, 0.1) is 0 Å². The predicted molar refractivity (Wildman–Crippen MR) is 103 cm³/mol. The lowest BCUT2D eigenvalue weighted by Gasteiger charge is -2.26. The average molecular weight is 403 g/mol. The van der Waals surface area contributed by atoms with Gasteiger partial charge in [0.25, 0.3) is 0 Å². The van der Waals surface area contributed by atoms with E-state index in [0.29, 0.717) is 22.8 Å². The molecule has 1 aromatic carbocycles. The van der Waals surface area contributed by atoms with Gasteiger partial charge in [0, 0.05) is 18.2 Å². The van der Waals surface area contributed by atoms with Crippen molar-refractivity contribution in [2.75, 3.05) is 12.9 Å². The molecule has 8 heteroatoms. The van der Waals surface area contributed by atoms with E-state index in [4.69, 9.17) is 13.9 Å². The Morgan fingerprint density at radius 1 is 1.21 bits per heavy atom. The number of carbonyl (C=O) groups excluding carboxylic acids is 3. The summed E-state index contributed by atoms with van der Waals surface area (Å²) in [6.45, 7) is 2.92. The summed E-state index contributed by atoms with van der Waals surface area (Å²) < 4.78 is 15.9. The summed E-state index contributed by atoms with van der Waals surface area (Å²) in [5.41, 5.74) is 0.416. The number of hydrogen-bond acceptors (Lipinski definition) is 7. The van der Waals surface area contributed by atoms with Gasteiger partial charge in [0.15, 0.2) is 6.10 Å². The standard InChI is InChI=1S/C20H21NO6S/c1-12(18(23)14-6-8-15(25-3)9-7-14)27-20(24)16-11-28-19(21(16)13(2)22)17-5-4-10-26-17/h4-10,12,16,19H,11H2,1-3H3/t12-,16-,19+/m0/s1. The molecule has 148 valence electrons. The van der Waals surface area contributed by atoms with Crippen molar-refractivity contribution in [3.05, 3.63) is 54.0 Å². The summed E-state index contributed by atoms with van der Waals surface area (Å²) in [6, 6.07) is 9.29. The zero-order chi connectivity index (χ0) is 20.3. The molecule has 1 fully saturated rings. The molecule has 1 aliphatic rings. The quantitative estimate of drug-likeness (QED) is 0.541. The lowest BCUT2D eigenvalue weighted by atomic mass is 10.1. The van der Waals surface area contributed by atoms with E-state index in [2.05, 4.69) is 0 Å². The Balaban J connectivity index is 1.68. The average Bonchev–Trinajstić information content (AvgIpc) is 3.36. The molecule has 7 nitrogen and oxygen atoms in total. The highest BCUT2D eigenvalue weighted by atomic mass is 32.2. The van der Waals surface area contributed by atoms with Gasteiger partial charge >= 0.3 is 5.97 Å². The molecule has 0 bridgehead atoms. The van der Waals surface area contributed by atoms with Gasteiger partial charge in [-0.15, -0.1) is 11.8 Å². The molecular formula is C20H21NO6S.